The molecule has 0 unspecified atom stereocenters. The Kier molecular flexibility index (Phi) is 4.81. The minimum Gasteiger partial charge on any atom is -0.465 e. The number of hydrogen-bond acceptors (Lipinski definition) is 5. The molecule has 0 saturated carbocycles. The second-order valence-electron chi connectivity index (χ2n) is 4.72. The third kappa shape index (κ3) is 3.96. The summed E-state index contributed by atoms with van der Waals surface area (Å²) in [5, 5.41) is 11.4. The maximum absolute atomic E-state index is 11.6. The molecule has 1 aromatic rings. The lowest BCUT2D eigenvalue weighted by Gasteiger charge is -2.32. The van der Waals surface area contributed by atoms with E-state index in [-0.39, 0.29) is 11.2 Å². The van der Waals surface area contributed by atoms with Crippen LogP contribution < -0.4 is 21.5 Å². The Morgan fingerprint density at radius 1 is 1.38 bits per heavy atom. The van der Waals surface area contributed by atoms with Crippen molar-refractivity contribution in [2.75, 3.05) is 18.0 Å². The molecule has 9 heteroatoms. The maximum atomic E-state index is 11.6. The van der Waals surface area contributed by atoms with Crippen LogP contribution in [0.4, 0.5) is 10.6 Å². The standard InChI is InChI=1S/C12H16ClN5O3/c13-9-5-7(11(19)17-14)6-10(16-9)18-3-1-8(2-4-18)15-12(20)21/h5-6,8,15H,1-4,14H2,(H,17,19)(H,20,21). The number of nitrogens with one attached hydrogen (secondary N) is 2. The minimum atomic E-state index is -1.02. The number of carboxylic acid groups (broad SMARTS) is 1. The smallest absolute Gasteiger partial charge is 0.404 e. The molecule has 2 heterocycles. The third-order valence-corrected chi connectivity index (χ3v) is 3.51. The van der Waals surface area contributed by atoms with Crippen LogP contribution in [0.5, 0.6) is 0 Å². The van der Waals surface area contributed by atoms with E-state index in [0.717, 1.165) is 0 Å². The number of anilines is 1. The molecule has 0 atom stereocenters. The quantitative estimate of drug-likeness (QED) is 0.280. The van der Waals surface area contributed by atoms with Gasteiger partial charge in [0, 0.05) is 24.7 Å². The lowest BCUT2D eigenvalue weighted by molar-refractivity contribution is 0.0953. The molecule has 1 fully saturated rings. The summed E-state index contributed by atoms with van der Waals surface area (Å²) in [6, 6.07) is 2.98. The van der Waals surface area contributed by atoms with E-state index in [1.807, 2.05) is 10.3 Å². The summed E-state index contributed by atoms with van der Waals surface area (Å²) in [5.74, 6) is 5.24. The van der Waals surface area contributed by atoms with Crippen molar-refractivity contribution in [3.63, 3.8) is 0 Å². The van der Waals surface area contributed by atoms with E-state index < -0.39 is 12.0 Å². The number of pyridine rings is 1. The number of halogens is 1. The largest absolute Gasteiger partial charge is 0.465 e. The first-order valence-electron chi connectivity index (χ1n) is 6.42. The van der Waals surface area contributed by atoms with Crippen molar-refractivity contribution in [1.29, 1.82) is 0 Å². The Hall–Kier alpha value is -2.06. The van der Waals surface area contributed by atoms with E-state index in [1.165, 1.54) is 6.07 Å². The van der Waals surface area contributed by atoms with Crippen LogP contribution in [-0.2, 0) is 0 Å². The van der Waals surface area contributed by atoms with Crippen molar-refractivity contribution in [1.82, 2.24) is 15.7 Å². The summed E-state index contributed by atoms with van der Waals surface area (Å²) in [6.45, 7) is 1.25. The summed E-state index contributed by atoms with van der Waals surface area (Å²) in [4.78, 5) is 28.3. The predicted molar refractivity (Wildman–Crippen MR) is 77.3 cm³/mol. The second kappa shape index (κ2) is 6.59. The summed E-state index contributed by atoms with van der Waals surface area (Å²) in [6.07, 6.45) is 0.314. The van der Waals surface area contributed by atoms with E-state index in [1.54, 1.807) is 6.07 Å². The van der Waals surface area contributed by atoms with Gasteiger partial charge in [-0.05, 0) is 25.0 Å². The third-order valence-electron chi connectivity index (χ3n) is 3.32. The number of rotatable bonds is 3. The average molecular weight is 314 g/mol. The number of piperidine rings is 1. The minimum absolute atomic E-state index is 0.0651. The summed E-state index contributed by atoms with van der Waals surface area (Å²) < 4.78 is 0. The molecular weight excluding hydrogens is 298 g/mol. The molecule has 0 radical (unpaired) electrons. The van der Waals surface area contributed by atoms with Crippen LogP contribution in [0.15, 0.2) is 12.1 Å². The molecule has 1 aromatic heterocycles. The van der Waals surface area contributed by atoms with E-state index in [9.17, 15) is 9.59 Å². The van der Waals surface area contributed by atoms with E-state index in [0.29, 0.717) is 37.3 Å². The number of hydrogen-bond donors (Lipinski definition) is 4. The van der Waals surface area contributed by atoms with Crippen molar-refractivity contribution < 1.29 is 14.7 Å². The van der Waals surface area contributed by atoms with Crippen LogP contribution in [0.25, 0.3) is 0 Å². The fourth-order valence-electron chi connectivity index (χ4n) is 2.29. The number of hydrazine groups is 1. The molecule has 21 heavy (non-hydrogen) atoms. The van der Waals surface area contributed by atoms with Gasteiger partial charge >= 0.3 is 6.09 Å². The van der Waals surface area contributed by atoms with Gasteiger partial charge in [-0.3, -0.25) is 10.2 Å². The van der Waals surface area contributed by atoms with Crippen molar-refractivity contribution in [3.8, 4) is 0 Å². The number of nitrogens with zero attached hydrogens (tertiary/aromatic N) is 2. The predicted octanol–water partition coefficient (Wildman–Crippen LogP) is 0.575. The van der Waals surface area contributed by atoms with Crippen molar-refractivity contribution in [2.45, 2.75) is 18.9 Å². The molecule has 0 spiro atoms. The van der Waals surface area contributed by atoms with Crippen LogP contribution in [0.3, 0.4) is 0 Å². The van der Waals surface area contributed by atoms with Gasteiger partial charge in [0.2, 0.25) is 0 Å². The van der Waals surface area contributed by atoms with E-state index >= 15 is 0 Å². The van der Waals surface area contributed by atoms with Crippen LogP contribution >= 0.6 is 11.6 Å². The highest BCUT2D eigenvalue weighted by atomic mass is 35.5. The van der Waals surface area contributed by atoms with Gasteiger partial charge in [-0.2, -0.15) is 0 Å². The Bertz CT molecular complexity index is 546. The van der Waals surface area contributed by atoms with Crippen LogP contribution in [-0.4, -0.2) is 41.2 Å². The fourth-order valence-corrected chi connectivity index (χ4v) is 2.49. The molecule has 0 bridgehead atoms. The first kappa shape index (κ1) is 15.3. The zero-order chi connectivity index (χ0) is 15.4. The van der Waals surface area contributed by atoms with Crippen molar-refractivity contribution in [2.24, 2.45) is 5.84 Å². The van der Waals surface area contributed by atoms with Crippen molar-refractivity contribution >= 4 is 29.4 Å². The first-order chi connectivity index (χ1) is 9.99. The molecule has 8 nitrogen and oxygen atoms in total. The molecule has 1 saturated heterocycles. The van der Waals surface area contributed by atoms with Crippen LogP contribution in [0.2, 0.25) is 5.15 Å². The summed E-state index contributed by atoms with van der Waals surface area (Å²) in [7, 11) is 0. The second-order valence-corrected chi connectivity index (χ2v) is 5.11. The van der Waals surface area contributed by atoms with Crippen LogP contribution in [0.1, 0.15) is 23.2 Å². The molecule has 114 valence electrons. The molecule has 0 aliphatic carbocycles. The van der Waals surface area contributed by atoms with Gasteiger partial charge in [-0.1, -0.05) is 11.6 Å². The Morgan fingerprint density at radius 3 is 2.62 bits per heavy atom. The van der Waals surface area contributed by atoms with E-state index in [2.05, 4.69) is 10.3 Å². The zero-order valence-electron chi connectivity index (χ0n) is 11.2. The van der Waals surface area contributed by atoms with Crippen molar-refractivity contribution in [3.05, 3.63) is 22.8 Å². The first-order valence-corrected chi connectivity index (χ1v) is 6.80. The lowest BCUT2D eigenvalue weighted by Crippen LogP contribution is -2.44. The number of carbonyl (C=O) groups is 2. The molecular formula is C12H16ClN5O3. The molecule has 5 N–H and O–H groups in total. The molecule has 2 rings (SSSR count). The Morgan fingerprint density at radius 2 is 2.05 bits per heavy atom. The monoisotopic (exact) mass is 313 g/mol. The van der Waals surface area contributed by atoms with Gasteiger partial charge in [-0.25, -0.2) is 15.6 Å². The Labute approximate surface area is 126 Å². The number of nitrogen functional groups attached to an aromatic ring is 1. The normalized spacial score (nSPS) is 15.6. The Balaban J connectivity index is 2.08. The molecule has 2 amide bonds. The number of amides is 2. The zero-order valence-corrected chi connectivity index (χ0v) is 11.9. The fraction of sp³-hybridized carbons (Fsp3) is 0.417. The topological polar surface area (TPSA) is 121 Å². The number of aromatic nitrogens is 1. The average Bonchev–Trinajstić information content (AvgIpc) is 2.46. The van der Waals surface area contributed by atoms with Gasteiger partial charge in [-0.15, -0.1) is 0 Å². The van der Waals surface area contributed by atoms with Crippen LogP contribution in [0, 0.1) is 0 Å². The number of carbonyl (C=O) groups excluding carboxylic acids is 1. The van der Waals surface area contributed by atoms with Gasteiger partial charge in [0.05, 0.1) is 0 Å². The highest BCUT2D eigenvalue weighted by Gasteiger charge is 2.22. The SMILES string of the molecule is NNC(=O)c1cc(Cl)nc(N2CCC(NC(=O)O)CC2)c1. The molecule has 1 aliphatic heterocycles. The van der Waals surface area contributed by atoms with Gasteiger partial charge in [0.25, 0.3) is 5.91 Å². The molecule has 0 aromatic carbocycles. The highest BCUT2D eigenvalue weighted by molar-refractivity contribution is 6.29. The lowest BCUT2D eigenvalue weighted by atomic mass is 10.1. The highest BCUT2D eigenvalue weighted by Crippen LogP contribution is 2.22. The molecule has 1 aliphatic rings. The maximum Gasteiger partial charge on any atom is 0.404 e. The van der Waals surface area contributed by atoms with Gasteiger partial charge < -0.3 is 15.3 Å². The number of nitrogens with two attached hydrogens (primary N) is 1. The summed E-state index contributed by atoms with van der Waals surface area (Å²) >= 11 is 5.92. The summed E-state index contributed by atoms with van der Waals surface area (Å²) in [5.41, 5.74) is 2.38. The van der Waals surface area contributed by atoms with Gasteiger partial charge in [0.1, 0.15) is 11.0 Å². The van der Waals surface area contributed by atoms with Gasteiger partial charge in [0.15, 0.2) is 0 Å². The van der Waals surface area contributed by atoms with E-state index in [4.69, 9.17) is 22.6 Å².